The monoisotopic (exact) mass is 367 g/mol. The summed E-state index contributed by atoms with van der Waals surface area (Å²) in [6.45, 7) is 0.563. The normalized spacial score (nSPS) is 10.4. The van der Waals surface area contributed by atoms with E-state index in [-0.39, 0.29) is 0 Å². The molecule has 0 saturated carbocycles. The predicted molar refractivity (Wildman–Crippen MR) is 75.2 cm³/mol. The first-order chi connectivity index (χ1) is 7.65. The van der Waals surface area contributed by atoms with Gasteiger partial charge in [-0.3, -0.25) is 0 Å². The van der Waals surface area contributed by atoms with Crippen LogP contribution in [0.4, 0.5) is 5.69 Å². The van der Waals surface area contributed by atoms with Crippen LogP contribution in [0.15, 0.2) is 34.7 Å². The Bertz CT molecular complexity index is 498. The lowest BCUT2D eigenvalue weighted by atomic mass is 10.3. The second-order valence-electron chi connectivity index (χ2n) is 3.18. The maximum Gasteiger partial charge on any atom is 0.193 e. The van der Waals surface area contributed by atoms with Crippen LogP contribution in [0.5, 0.6) is 0 Å². The van der Waals surface area contributed by atoms with E-state index in [0.717, 1.165) is 15.0 Å². The highest BCUT2D eigenvalue weighted by molar-refractivity contribution is 14.1. The zero-order valence-electron chi connectivity index (χ0n) is 8.14. The van der Waals surface area contributed by atoms with Crippen LogP contribution in [0, 0.1) is 3.57 Å². The van der Waals surface area contributed by atoms with Crippen molar-refractivity contribution < 1.29 is 4.42 Å². The van der Waals surface area contributed by atoms with E-state index in [1.54, 1.807) is 6.07 Å². The number of nitrogens with one attached hydrogen (secondary N) is 1. The van der Waals surface area contributed by atoms with Crippen molar-refractivity contribution in [2.24, 2.45) is 0 Å². The largest absolute Gasteiger partial charge is 0.448 e. The predicted octanol–water partition coefficient (Wildman–Crippen LogP) is 4.80. The summed E-state index contributed by atoms with van der Waals surface area (Å²) >= 11 is 14.0. The van der Waals surface area contributed by atoms with Crippen LogP contribution in [0.3, 0.4) is 0 Å². The number of halogens is 3. The fourth-order valence-electron chi connectivity index (χ4n) is 1.26. The van der Waals surface area contributed by atoms with Gasteiger partial charge < -0.3 is 9.73 Å². The molecule has 2 nitrogen and oxygen atoms in total. The molecule has 0 unspecified atom stereocenters. The van der Waals surface area contributed by atoms with Crippen LogP contribution in [0.25, 0.3) is 0 Å². The van der Waals surface area contributed by atoms with E-state index >= 15 is 0 Å². The second kappa shape index (κ2) is 5.29. The molecule has 0 saturated heterocycles. The van der Waals surface area contributed by atoms with Gasteiger partial charge in [-0.15, -0.1) is 0 Å². The summed E-state index contributed by atoms with van der Waals surface area (Å²) < 4.78 is 6.33. The van der Waals surface area contributed by atoms with Gasteiger partial charge in [0, 0.05) is 3.57 Å². The van der Waals surface area contributed by atoms with E-state index in [0.29, 0.717) is 16.8 Å². The van der Waals surface area contributed by atoms with Crippen molar-refractivity contribution in [1.29, 1.82) is 0 Å². The van der Waals surface area contributed by atoms with Crippen LogP contribution in [0.2, 0.25) is 10.2 Å². The Morgan fingerprint density at radius 1 is 1.19 bits per heavy atom. The average molecular weight is 368 g/mol. The quantitative estimate of drug-likeness (QED) is 0.788. The van der Waals surface area contributed by atoms with Crippen molar-refractivity contribution in [3.05, 3.63) is 49.9 Å². The first-order valence-corrected chi connectivity index (χ1v) is 6.42. The van der Waals surface area contributed by atoms with Gasteiger partial charge in [0.2, 0.25) is 0 Å². The maximum absolute atomic E-state index is 6.08. The molecular formula is C11H8Cl2INO. The van der Waals surface area contributed by atoms with E-state index in [1.807, 2.05) is 24.3 Å². The van der Waals surface area contributed by atoms with Crippen molar-refractivity contribution in [2.45, 2.75) is 6.54 Å². The van der Waals surface area contributed by atoms with Crippen LogP contribution in [0.1, 0.15) is 5.76 Å². The molecule has 1 aromatic heterocycles. The molecule has 5 heteroatoms. The van der Waals surface area contributed by atoms with E-state index < -0.39 is 0 Å². The van der Waals surface area contributed by atoms with Gasteiger partial charge in [0.15, 0.2) is 5.22 Å². The molecule has 0 bridgehead atoms. The number of furan rings is 1. The summed E-state index contributed by atoms with van der Waals surface area (Å²) in [4.78, 5) is 0. The van der Waals surface area contributed by atoms with Crippen molar-refractivity contribution in [2.75, 3.05) is 5.32 Å². The average Bonchev–Trinajstić information content (AvgIpc) is 2.63. The van der Waals surface area contributed by atoms with E-state index in [1.165, 1.54) is 0 Å². The van der Waals surface area contributed by atoms with Crippen LogP contribution < -0.4 is 5.32 Å². The standard InChI is InChI=1S/C11H8Cl2INO/c12-9-5-7(14)1-3-10(9)15-6-8-2-4-11(13)16-8/h1-5,15H,6H2. The Morgan fingerprint density at radius 3 is 2.62 bits per heavy atom. The number of anilines is 1. The fraction of sp³-hybridized carbons (Fsp3) is 0.0909. The van der Waals surface area contributed by atoms with Crippen LogP contribution in [-0.2, 0) is 6.54 Å². The summed E-state index contributed by atoms with van der Waals surface area (Å²) in [5.41, 5.74) is 0.884. The van der Waals surface area contributed by atoms with Crippen molar-refractivity contribution in [3.63, 3.8) is 0 Å². The van der Waals surface area contributed by atoms with Gasteiger partial charge in [-0.25, -0.2) is 0 Å². The van der Waals surface area contributed by atoms with Gasteiger partial charge in [-0.1, -0.05) is 11.6 Å². The molecule has 16 heavy (non-hydrogen) atoms. The Kier molecular flexibility index (Phi) is 4.00. The minimum Gasteiger partial charge on any atom is -0.448 e. The summed E-state index contributed by atoms with van der Waals surface area (Å²) in [6, 6.07) is 9.38. The highest BCUT2D eigenvalue weighted by Gasteiger charge is 2.03. The van der Waals surface area contributed by atoms with E-state index in [9.17, 15) is 0 Å². The highest BCUT2D eigenvalue weighted by Crippen LogP contribution is 2.24. The number of hydrogen-bond donors (Lipinski definition) is 1. The van der Waals surface area contributed by atoms with Crippen molar-refractivity contribution in [3.8, 4) is 0 Å². The fourth-order valence-corrected chi connectivity index (χ4v) is 2.35. The number of hydrogen-bond acceptors (Lipinski definition) is 2. The Morgan fingerprint density at radius 2 is 2.00 bits per heavy atom. The first kappa shape index (κ1) is 12.1. The minimum absolute atomic E-state index is 0.394. The maximum atomic E-state index is 6.08. The first-order valence-electron chi connectivity index (χ1n) is 4.58. The molecule has 0 atom stereocenters. The van der Waals surface area contributed by atoms with Crippen molar-refractivity contribution >= 4 is 51.5 Å². The zero-order valence-corrected chi connectivity index (χ0v) is 11.8. The molecule has 1 heterocycles. The molecule has 0 amide bonds. The van der Waals surface area contributed by atoms with Gasteiger partial charge in [0.1, 0.15) is 5.76 Å². The molecule has 0 aliphatic carbocycles. The molecule has 1 N–H and O–H groups in total. The molecular weight excluding hydrogens is 360 g/mol. The third-order valence-corrected chi connectivity index (χ3v) is 3.20. The van der Waals surface area contributed by atoms with E-state index in [4.69, 9.17) is 27.6 Å². The topological polar surface area (TPSA) is 25.2 Å². The van der Waals surface area contributed by atoms with Gasteiger partial charge >= 0.3 is 0 Å². The Labute approximate surface area is 117 Å². The molecule has 0 radical (unpaired) electrons. The second-order valence-corrected chi connectivity index (χ2v) is 5.21. The van der Waals surface area contributed by atoms with Crippen LogP contribution >= 0.6 is 45.8 Å². The lowest BCUT2D eigenvalue weighted by Crippen LogP contribution is -1.98. The molecule has 0 fully saturated rings. The number of benzene rings is 1. The molecule has 84 valence electrons. The van der Waals surface area contributed by atoms with E-state index in [2.05, 4.69) is 27.9 Å². The molecule has 0 spiro atoms. The molecule has 2 aromatic rings. The Hall–Kier alpha value is -0.390. The minimum atomic E-state index is 0.394. The lowest BCUT2D eigenvalue weighted by Gasteiger charge is -2.06. The smallest absolute Gasteiger partial charge is 0.193 e. The summed E-state index contributed by atoms with van der Waals surface area (Å²) in [5.74, 6) is 0.777. The van der Waals surface area contributed by atoms with Crippen molar-refractivity contribution in [1.82, 2.24) is 0 Å². The number of rotatable bonds is 3. The van der Waals surface area contributed by atoms with Crippen LogP contribution in [-0.4, -0.2) is 0 Å². The lowest BCUT2D eigenvalue weighted by molar-refractivity contribution is 0.520. The van der Waals surface area contributed by atoms with Gasteiger partial charge in [-0.2, -0.15) is 0 Å². The Balaban J connectivity index is 2.04. The zero-order chi connectivity index (χ0) is 11.5. The third-order valence-electron chi connectivity index (χ3n) is 2.01. The molecule has 0 aliphatic rings. The van der Waals surface area contributed by atoms with Gasteiger partial charge in [0.05, 0.1) is 17.3 Å². The SMILES string of the molecule is Clc1ccc(CNc2ccc(I)cc2Cl)o1. The third kappa shape index (κ3) is 3.06. The van der Waals surface area contributed by atoms with Gasteiger partial charge in [-0.05, 0) is 64.5 Å². The molecule has 1 aromatic carbocycles. The summed E-state index contributed by atoms with van der Waals surface area (Å²) in [5, 5.41) is 4.27. The molecule has 2 rings (SSSR count). The molecule has 0 aliphatic heterocycles. The highest BCUT2D eigenvalue weighted by atomic mass is 127. The summed E-state index contributed by atoms with van der Waals surface area (Å²) in [7, 11) is 0. The summed E-state index contributed by atoms with van der Waals surface area (Å²) in [6.07, 6.45) is 0. The van der Waals surface area contributed by atoms with Gasteiger partial charge in [0.25, 0.3) is 0 Å².